The maximum Gasteiger partial charge on any atom is 0.183 e. The molecule has 0 aliphatic heterocycles. The van der Waals surface area contributed by atoms with Gasteiger partial charge in [0.25, 0.3) is 0 Å². The van der Waals surface area contributed by atoms with Gasteiger partial charge in [-0.2, -0.15) is 0 Å². The molecule has 98 valence electrons. The molecular weight excluding hydrogens is 332 g/mol. The van der Waals surface area contributed by atoms with Gasteiger partial charge in [-0.1, -0.05) is 20.3 Å². The number of aromatic nitrogens is 2. The molecule has 1 atom stereocenters. The van der Waals surface area contributed by atoms with Crippen molar-refractivity contribution in [2.75, 3.05) is 5.75 Å². The Labute approximate surface area is 122 Å². The third-order valence-corrected chi connectivity index (χ3v) is 6.21. The van der Waals surface area contributed by atoms with E-state index in [-0.39, 0.29) is 0 Å². The van der Waals surface area contributed by atoms with Crippen LogP contribution < -0.4 is 0 Å². The first-order valence-corrected chi connectivity index (χ1v) is 8.92. The fourth-order valence-corrected chi connectivity index (χ4v) is 5.04. The number of unbranched alkanes of at least 4 members (excludes halogenated alkanes) is 1. The predicted molar refractivity (Wildman–Crippen MR) is 80.7 cm³/mol. The summed E-state index contributed by atoms with van der Waals surface area (Å²) in [5, 5.41) is 0. The Kier molecular flexibility index (Phi) is 4.86. The van der Waals surface area contributed by atoms with Crippen molar-refractivity contribution >= 4 is 48.4 Å². The Morgan fingerprint density at radius 1 is 1.44 bits per heavy atom. The summed E-state index contributed by atoms with van der Waals surface area (Å²) in [6.07, 6.45) is 4.73. The maximum absolute atomic E-state index is 12.1. The quantitative estimate of drug-likeness (QED) is 0.823. The van der Waals surface area contributed by atoms with Gasteiger partial charge in [0.1, 0.15) is 0 Å². The van der Waals surface area contributed by atoms with Crippen LogP contribution in [-0.2, 0) is 17.2 Å². The van der Waals surface area contributed by atoms with Crippen molar-refractivity contribution in [2.45, 2.75) is 37.4 Å². The molecule has 0 aromatic carbocycles. The highest BCUT2D eigenvalue weighted by atomic mass is 79.9. The van der Waals surface area contributed by atoms with Gasteiger partial charge in [-0.05, 0) is 34.3 Å². The summed E-state index contributed by atoms with van der Waals surface area (Å²) in [6, 6.07) is 0. The fraction of sp³-hybridized carbons (Fsp3) is 0.500. The van der Waals surface area contributed by atoms with Gasteiger partial charge in [-0.25, -0.2) is 9.97 Å². The number of hydrogen-bond donors (Lipinski definition) is 0. The van der Waals surface area contributed by atoms with Gasteiger partial charge in [-0.3, -0.25) is 4.21 Å². The smallest absolute Gasteiger partial charge is 0.183 e. The molecule has 0 spiro atoms. The zero-order valence-electron chi connectivity index (χ0n) is 10.4. The van der Waals surface area contributed by atoms with Crippen LogP contribution in [0.1, 0.15) is 32.3 Å². The van der Waals surface area contributed by atoms with E-state index in [0.29, 0.717) is 10.1 Å². The van der Waals surface area contributed by atoms with Crippen molar-refractivity contribution in [3.05, 3.63) is 16.2 Å². The summed E-state index contributed by atoms with van der Waals surface area (Å²) in [7, 11) is -0.981. The molecule has 0 aliphatic carbocycles. The van der Waals surface area contributed by atoms with Gasteiger partial charge in [0.2, 0.25) is 0 Å². The number of thiazole rings is 1. The van der Waals surface area contributed by atoms with Crippen LogP contribution in [0.3, 0.4) is 0 Å². The first-order chi connectivity index (χ1) is 8.67. The summed E-state index contributed by atoms with van der Waals surface area (Å²) in [4.78, 5) is 8.69. The van der Waals surface area contributed by atoms with Crippen LogP contribution in [0.25, 0.3) is 10.3 Å². The zero-order valence-corrected chi connectivity index (χ0v) is 13.6. The molecule has 2 aromatic heterocycles. The van der Waals surface area contributed by atoms with Crippen LogP contribution in [0, 0.1) is 0 Å². The second kappa shape index (κ2) is 6.21. The van der Waals surface area contributed by atoms with Gasteiger partial charge in [-0.15, -0.1) is 11.3 Å². The predicted octanol–water partition coefficient (Wildman–Crippen LogP) is 3.92. The van der Waals surface area contributed by atoms with Crippen molar-refractivity contribution in [3.8, 4) is 0 Å². The Morgan fingerprint density at radius 3 is 2.89 bits per heavy atom. The summed E-state index contributed by atoms with van der Waals surface area (Å²) in [6.45, 7) is 4.20. The Morgan fingerprint density at radius 2 is 2.22 bits per heavy atom. The molecule has 2 aromatic rings. The minimum absolute atomic E-state index is 0.693. The normalized spacial score (nSPS) is 13.1. The molecule has 0 fully saturated rings. The van der Waals surface area contributed by atoms with E-state index in [9.17, 15) is 4.21 Å². The van der Waals surface area contributed by atoms with Gasteiger partial charge in [0, 0.05) is 16.4 Å². The van der Waals surface area contributed by atoms with Gasteiger partial charge in [0.15, 0.2) is 9.99 Å². The number of pyridine rings is 1. The standard InChI is InChI=1S/C12H15BrN2OS2/c1-3-5-6-18(16)12-15-11-10(17-12)8(4-2)9(13)7-14-11/h7H,3-6H2,1-2H3/t18-/m0/s1. The molecular formula is C12H15BrN2OS2. The van der Waals surface area contributed by atoms with Crippen LogP contribution in [0.4, 0.5) is 0 Å². The highest BCUT2D eigenvalue weighted by Crippen LogP contribution is 2.31. The molecule has 18 heavy (non-hydrogen) atoms. The first-order valence-electron chi connectivity index (χ1n) is 5.99. The molecule has 0 saturated carbocycles. The van der Waals surface area contributed by atoms with E-state index in [4.69, 9.17) is 0 Å². The molecule has 2 rings (SSSR count). The molecule has 0 N–H and O–H groups in total. The molecule has 0 radical (unpaired) electrons. The van der Waals surface area contributed by atoms with Crippen LogP contribution >= 0.6 is 27.3 Å². The lowest BCUT2D eigenvalue weighted by molar-refractivity contribution is 0.679. The maximum atomic E-state index is 12.1. The third-order valence-electron chi connectivity index (χ3n) is 2.68. The topological polar surface area (TPSA) is 42.9 Å². The Hall–Kier alpha value is -0.330. The lowest BCUT2D eigenvalue weighted by Crippen LogP contribution is -1.96. The van der Waals surface area contributed by atoms with Gasteiger partial charge in [0.05, 0.1) is 15.5 Å². The highest BCUT2D eigenvalue weighted by Gasteiger charge is 2.14. The Bertz CT molecular complexity index is 583. The minimum Gasteiger partial charge on any atom is -0.252 e. The molecule has 0 aliphatic rings. The van der Waals surface area contributed by atoms with Crippen molar-refractivity contribution in [3.63, 3.8) is 0 Å². The highest BCUT2D eigenvalue weighted by molar-refractivity contribution is 9.10. The van der Waals surface area contributed by atoms with Gasteiger partial charge < -0.3 is 0 Å². The SMILES string of the molecule is CCCC[S@](=O)c1nc2ncc(Br)c(CC)c2s1. The summed E-state index contributed by atoms with van der Waals surface area (Å²) in [5.74, 6) is 0.693. The molecule has 0 bridgehead atoms. The van der Waals surface area contributed by atoms with Gasteiger partial charge >= 0.3 is 0 Å². The molecule has 0 unspecified atom stereocenters. The zero-order chi connectivity index (χ0) is 13.1. The number of nitrogens with zero attached hydrogens (tertiary/aromatic N) is 2. The van der Waals surface area contributed by atoms with Crippen LogP contribution in [0.15, 0.2) is 15.0 Å². The van der Waals surface area contributed by atoms with E-state index in [0.717, 1.165) is 34.1 Å². The van der Waals surface area contributed by atoms with Crippen molar-refractivity contribution < 1.29 is 4.21 Å². The second-order valence-corrected chi connectivity index (χ2v) is 7.57. The molecule has 6 heteroatoms. The molecule has 3 nitrogen and oxygen atoms in total. The monoisotopic (exact) mass is 346 g/mol. The van der Waals surface area contributed by atoms with Crippen LogP contribution in [-0.4, -0.2) is 19.9 Å². The minimum atomic E-state index is -0.981. The number of fused-ring (bicyclic) bond motifs is 1. The van der Waals surface area contributed by atoms with Crippen molar-refractivity contribution in [1.82, 2.24) is 9.97 Å². The van der Waals surface area contributed by atoms with Crippen molar-refractivity contribution in [1.29, 1.82) is 0 Å². The van der Waals surface area contributed by atoms with E-state index >= 15 is 0 Å². The third kappa shape index (κ3) is 2.81. The average molecular weight is 347 g/mol. The Balaban J connectivity index is 2.41. The fourth-order valence-electron chi connectivity index (χ4n) is 1.67. The summed E-state index contributed by atoms with van der Waals surface area (Å²) >= 11 is 5.02. The second-order valence-electron chi connectivity index (χ2n) is 3.97. The summed E-state index contributed by atoms with van der Waals surface area (Å²) in [5.41, 5.74) is 1.93. The van der Waals surface area contributed by atoms with Crippen LogP contribution in [0.5, 0.6) is 0 Å². The largest absolute Gasteiger partial charge is 0.252 e. The number of hydrogen-bond acceptors (Lipinski definition) is 4. The average Bonchev–Trinajstić information content (AvgIpc) is 2.79. The van der Waals surface area contributed by atoms with Crippen molar-refractivity contribution in [2.24, 2.45) is 0 Å². The first kappa shape index (κ1) is 14.1. The lowest BCUT2D eigenvalue weighted by Gasteiger charge is -1.99. The number of aryl methyl sites for hydroxylation is 1. The molecule has 0 amide bonds. The van der Waals surface area contributed by atoms with E-state index in [1.807, 2.05) is 0 Å². The number of halogens is 1. The molecule has 2 heterocycles. The molecule has 0 saturated heterocycles. The van der Waals surface area contributed by atoms with E-state index in [1.54, 1.807) is 6.20 Å². The van der Waals surface area contributed by atoms with Crippen LogP contribution in [0.2, 0.25) is 0 Å². The number of rotatable bonds is 5. The van der Waals surface area contributed by atoms with E-state index in [2.05, 4.69) is 39.7 Å². The van der Waals surface area contributed by atoms with E-state index < -0.39 is 10.8 Å². The lowest BCUT2D eigenvalue weighted by atomic mass is 10.2. The summed E-state index contributed by atoms with van der Waals surface area (Å²) < 4.78 is 14.9. The van der Waals surface area contributed by atoms with E-state index in [1.165, 1.54) is 16.9 Å².